The standard InChI is InChI=1S/C25H15BrF2N4O3/c26-14-11-19(25(34)32(13-14)17-4-1-15(27)2-5-17)24(33)31-16-3-6-22(20(28)12-16)35-21-8-10-30-23-18(21)7-9-29-23/h1-13H,(H,29,30)(H,31,33). The Morgan fingerprint density at radius 3 is 2.60 bits per heavy atom. The molecular weight excluding hydrogens is 522 g/mol. The second kappa shape index (κ2) is 9.15. The lowest BCUT2D eigenvalue weighted by Crippen LogP contribution is -2.28. The quantitative estimate of drug-likeness (QED) is 0.297. The van der Waals surface area contributed by atoms with Gasteiger partial charge in [0.2, 0.25) is 0 Å². The van der Waals surface area contributed by atoms with E-state index in [1.165, 1.54) is 59.4 Å². The highest BCUT2D eigenvalue weighted by atomic mass is 79.9. The zero-order valence-electron chi connectivity index (χ0n) is 17.8. The number of amides is 1. The molecule has 0 saturated heterocycles. The molecular formula is C25H15BrF2N4O3. The van der Waals surface area contributed by atoms with Crippen LogP contribution in [-0.2, 0) is 0 Å². The molecule has 0 aliphatic rings. The van der Waals surface area contributed by atoms with Gasteiger partial charge in [0.05, 0.1) is 5.39 Å². The second-order valence-electron chi connectivity index (χ2n) is 7.47. The first-order valence-electron chi connectivity index (χ1n) is 10.3. The van der Waals surface area contributed by atoms with Crippen molar-refractivity contribution in [3.8, 4) is 17.2 Å². The van der Waals surface area contributed by atoms with Gasteiger partial charge in [0, 0.05) is 40.5 Å². The van der Waals surface area contributed by atoms with Gasteiger partial charge >= 0.3 is 0 Å². The summed E-state index contributed by atoms with van der Waals surface area (Å²) in [5.74, 6) is -1.52. The Morgan fingerprint density at radius 1 is 1.03 bits per heavy atom. The van der Waals surface area contributed by atoms with Crippen molar-refractivity contribution in [2.75, 3.05) is 5.32 Å². The molecule has 5 rings (SSSR count). The average Bonchev–Trinajstić information content (AvgIpc) is 3.32. The Kier molecular flexibility index (Phi) is 5.87. The Hall–Kier alpha value is -4.31. The summed E-state index contributed by atoms with van der Waals surface area (Å²) in [4.78, 5) is 32.9. The number of carbonyl (C=O) groups is 1. The van der Waals surface area contributed by atoms with Crippen LogP contribution in [-0.4, -0.2) is 20.4 Å². The molecule has 0 aliphatic heterocycles. The van der Waals surface area contributed by atoms with Crippen molar-refractivity contribution in [3.05, 3.63) is 111 Å². The number of aromatic nitrogens is 3. The van der Waals surface area contributed by atoms with E-state index in [9.17, 15) is 18.4 Å². The lowest BCUT2D eigenvalue weighted by atomic mass is 10.2. The van der Waals surface area contributed by atoms with Crippen LogP contribution >= 0.6 is 15.9 Å². The van der Waals surface area contributed by atoms with Gasteiger partial charge in [-0.2, -0.15) is 0 Å². The van der Waals surface area contributed by atoms with E-state index in [2.05, 4.69) is 31.2 Å². The molecule has 174 valence electrons. The molecule has 0 unspecified atom stereocenters. The monoisotopic (exact) mass is 536 g/mol. The SMILES string of the molecule is O=C(Nc1ccc(Oc2ccnc3[nH]ccc23)c(F)c1)c1cc(Br)cn(-c2ccc(F)cc2)c1=O. The van der Waals surface area contributed by atoms with E-state index in [4.69, 9.17) is 4.74 Å². The molecule has 0 aliphatic carbocycles. The van der Waals surface area contributed by atoms with Crippen LogP contribution in [0.5, 0.6) is 11.5 Å². The van der Waals surface area contributed by atoms with Crippen molar-refractivity contribution in [2.45, 2.75) is 0 Å². The van der Waals surface area contributed by atoms with Gasteiger partial charge in [-0.05, 0) is 70.5 Å². The maximum atomic E-state index is 14.8. The molecule has 10 heteroatoms. The third kappa shape index (κ3) is 4.56. The Bertz CT molecular complexity index is 1630. The number of H-pyrrole nitrogens is 1. The summed E-state index contributed by atoms with van der Waals surface area (Å²) >= 11 is 3.28. The summed E-state index contributed by atoms with van der Waals surface area (Å²) in [7, 11) is 0. The van der Waals surface area contributed by atoms with E-state index >= 15 is 0 Å². The zero-order chi connectivity index (χ0) is 24.5. The summed E-state index contributed by atoms with van der Waals surface area (Å²) in [6, 6.07) is 13.9. The normalized spacial score (nSPS) is 10.9. The minimum Gasteiger partial charge on any atom is -0.453 e. The third-order valence-electron chi connectivity index (χ3n) is 5.16. The number of rotatable bonds is 5. The van der Waals surface area contributed by atoms with Crippen LogP contribution in [0, 0.1) is 11.6 Å². The predicted octanol–water partition coefficient (Wildman–Crippen LogP) is 5.80. The van der Waals surface area contributed by atoms with Gasteiger partial charge in [-0.1, -0.05) is 0 Å². The van der Waals surface area contributed by atoms with Crippen molar-refractivity contribution in [2.24, 2.45) is 0 Å². The van der Waals surface area contributed by atoms with Crippen LogP contribution in [0.3, 0.4) is 0 Å². The van der Waals surface area contributed by atoms with Crippen LogP contribution in [0.25, 0.3) is 16.7 Å². The van der Waals surface area contributed by atoms with Crippen LogP contribution in [0.4, 0.5) is 14.5 Å². The summed E-state index contributed by atoms with van der Waals surface area (Å²) in [6.07, 6.45) is 4.71. The lowest BCUT2D eigenvalue weighted by Gasteiger charge is -2.12. The third-order valence-corrected chi connectivity index (χ3v) is 5.60. The van der Waals surface area contributed by atoms with E-state index in [0.29, 0.717) is 26.9 Å². The smallest absolute Gasteiger partial charge is 0.268 e. The largest absolute Gasteiger partial charge is 0.453 e. The number of nitrogens with zero attached hydrogens (tertiary/aromatic N) is 2. The molecule has 0 radical (unpaired) electrons. The molecule has 0 fully saturated rings. The maximum Gasteiger partial charge on any atom is 0.268 e. The fraction of sp³-hybridized carbons (Fsp3) is 0. The molecule has 0 spiro atoms. The second-order valence-corrected chi connectivity index (χ2v) is 8.39. The molecule has 2 N–H and O–H groups in total. The summed E-state index contributed by atoms with van der Waals surface area (Å²) in [6.45, 7) is 0. The molecule has 1 amide bonds. The molecule has 3 heterocycles. The molecule has 2 aromatic carbocycles. The van der Waals surface area contributed by atoms with E-state index < -0.39 is 23.1 Å². The fourth-order valence-corrected chi connectivity index (χ4v) is 3.94. The summed E-state index contributed by atoms with van der Waals surface area (Å²) in [5.41, 5.74) is 0.315. The van der Waals surface area contributed by atoms with E-state index in [-0.39, 0.29) is 17.0 Å². The van der Waals surface area contributed by atoms with Crippen LogP contribution in [0.15, 0.2) is 88.5 Å². The Labute approximate surface area is 205 Å². The maximum absolute atomic E-state index is 14.8. The first kappa shape index (κ1) is 22.5. The molecule has 35 heavy (non-hydrogen) atoms. The number of fused-ring (bicyclic) bond motifs is 1. The number of hydrogen-bond acceptors (Lipinski definition) is 4. The Morgan fingerprint density at radius 2 is 1.83 bits per heavy atom. The van der Waals surface area contributed by atoms with Crippen molar-refractivity contribution in [3.63, 3.8) is 0 Å². The van der Waals surface area contributed by atoms with E-state index in [1.807, 2.05) is 0 Å². The number of hydrogen-bond donors (Lipinski definition) is 2. The van der Waals surface area contributed by atoms with Gasteiger partial charge in [0.25, 0.3) is 11.5 Å². The number of nitrogens with one attached hydrogen (secondary N) is 2. The number of pyridine rings is 2. The van der Waals surface area contributed by atoms with E-state index in [1.54, 1.807) is 18.3 Å². The van der Waals surface area contributed by atoms with Gasteiger partial charge in [-0.25, -0.2) is 13.8 Å². The number of aromatic amines is 1. The van der Waals surface area contributed by atoms with Gasteiger partial charge < -0.3 is 15.0 Å². The first-order valence-corrected chi connectivity index (χ1v) is 11.1. The number of carbonyl (C=O) groups excluding carboxylic acids is 1. The minimum absolute atomic E-state index is 0.0437. The number of anilines is 1. The molecule has 7 nitrogen and oxygen atoms in total. The van der Waals surface area contributed by atoms with Crippen LogP contribution < -0.4 is 15.6 Å². The van der Waals surface area contributed by atoms with Gasteiger partial charge in [0.15, 0.2) is 11.6 Å². The number of ether oxygens (including phenoxy) is 1. The molecule has 0 atom stereocenters. The molecule has 3 aromatic heterocycles. The van der Waals surface area contributed by atoms with Crippen LogP contribution in [0.1, 0.15) is 10.4 Å². The number of benzene rings is 2. The van der Waals surface area contributed by atoms with Crippen molar-refractivity contribution in [1.29, 1.82) is 0 Å². The van der Waals surface area contributed by atoms with Gasteiger partial charge in [-0.3, -0.25) is 14.2 Å². The van der Waals surface area contributed by atoms with E-state index in [0.717, 1.165) is 6.07 Å². The highest BCUT2D eigenvalue weighted by molar-refractivity contribution is 9.10. The van der Waals surface area contributed by atoms with Crippen molar-refractivity contribution >= 4 is 38.6 Å². The summed E-state index contributed by atoms with van der Waals surface area (Å²) in [5, 5.41) is 3.22. The molecule has 0 saturated carbocycles. The Balaban J connectivity index is 1.39. The molecule has 0 bridgehead atoms. The highest BCUT2D eigenvalue weighted by Gasteiger charge is 2.17. The average molecular weight is 537 g/mol. The first-order chi connectivity index (χ1) is 16.9. The zero-order valence-corrected chi connectivity index (χ0v) is 19.3. The summed E-state index contributed by atoms with van der Waals surface area (Å²) < 4.78 is 35.4. The highest BCUT2D eigenvalue weighted by Crippen LogP contribution is 2.31. The molecule has 5 aromatic rings. The van der Waals surface area contributed by atoms with Crippen molar-refractivity contribution < 1.29 is 18.3 Å². The van der Waals surface area contributed by atoms with Crippen LogP contribution in [0.2, 0.25) is 0 Å². The lowest BCUT2D eigenvalue weighted by molar-refractivity contribution is 0.102. The number of halogens is 3. The van der Waals surface area contributed by atoms with Crippen molar-refractivity contribution in [1.82, 2.24) is 14.5 Å². The predicted molar refractivity (Wildman–Crippen MR) is 130 cm³/mol. The minimum atomic E-state index is -0.733. The topological polar surface area (TPSA) is 89.0 Å². The fourth-order valence-electron chi connectivity index (χ4n) is 3.51. The van der Waals surface area contributed by atoms with Gasteiger partial charge in [0.1, 0.15) is 22.8 Å². The van der Waals surface area contributed by atoms with Gasteiger partial charge in [-0.15, -0.1) is 0 Å².